The lowest BCUT2D eigenvalue weighted by atomic mass is 10.1. The van der Waals surface area contributed by atoms with E-state index in [0.717, 1.165) is 31.2 Å². The maximum atomic E-state index is 13.2. The molecular weight excluding hydrogens is 455 g/mol. The number of hydrazine groups is 1. The number of aryl methyl sites for hydroxylation is 1. The van der Waals surface area contributed by atoms with Crippen molar-refractivity contribution in [1.82, 2.24) is 21.2 Å². The van der Waals surface area contributed by atoms with E-state index in [1.54, 1.807) is 23.5 Å². The lowest BCUT2D eigenvalue weighted by Crippen LogP contribution is -2.42. The van der Waals surface area contributed by atoms with E-state index in [2.05, 4.69) is 37.1 Å². The summed E-state index contributed by atoms with van der Waals surface area (Å²) >= 11 is 5.01. The first-order chi connectivity index (χ1) is 14.0. The van der Waals surface area contributed by atoms with E-state index in [1.807, 2.05) is 31.2 Å². The molecular formula is C21H20BrFN4OS. The van der Waals surface area contributed by atoms with E-state index in [1.165, 1.54) is 12.1 Å². The minimum atomic E-state index is -0.317. The van der Waals surface area contributed by atoms with Gasteiger partial charge in [0, 0.05) is 21.5 Å². The SMILES string of the molecule is Cc1nc(-c2ccc(F)cc2)sc1C1CC(C(=O)NCc2cccc(Br)c2)NN1. The summed E-state index contributed by atoms with van der Waals surface area (Å²) in [6, 6.07) is 13.9. The van der Waals surface area contributed by atoms with Crippen LogP contribution in [0.2, 0.25) is 0 Å². The van der Waals surface area contributed by atoms with Crippen molar-refractivity contribution in [2.75, 3.05) is 0 Å². The average Bonchev–Trinajstić information content (AvgIpc) is 3.33. The molecule has 0 spiro atoms. The third-order valence-corrected chi connectivity index (χ3v) is 6.63. The zero-order chi connectivity index (χ0) is 20.4. The van der Waals surface area contributed by atoms with Crippen LogP contribution in [0, 0.1) is 12.7 Å². The van der Waals surface area contributed by atoms with E-state index in [9.17, 15) is 9.18 Å². The summed E-state index contributed by atoms with van der Waals surface area (Å²) in [4.78, 5) is 18.3. The van der Waals surface area contributed by atoms with Crippen LogP contribution >= 0.6 is 27.3 Å². The highest BCUT2D eigenvalue weighted by molar-refractivity contribution is 9.10. The number of carbonyl (C=O) groups excluding carboxylic acids is 1. The van der Waals surface area contributed by atoms with Crippen LogP contribution < -0.4 is 16.2 Å². The van der Waals surface area contributed by atoms with Gasteiger partial charge in [0.25, 0.3) is 0 Å². The van der Waals surface area contributed by atoms with Gasteiger partial charge >= 0.3 is 0 Å². The van der Waals surface area contributed by atoms with Gasteiger partial charge in [-0.2, -0.15) is 0 Å². The smallest absolute Gasteiger partial charge is 0.238 e. The lowest BCUT2D eigenvalue weighted by molar-refractivity contribution is -0.123. The molecule has 1 saturated heterocycles. The Labute approximate surface area is 180 Å². The fourth-order valence-corrected chi connectivity index (χ4v) is 4.89. The Kier molecular flexibility index (Phi) is 6.05. The standard InChI is InChI=1S/C21H20BrFN4OS/c1-12-19(29-21(25-12)14-5-7-16(23)8-6-14)17-10-18(27-26-17)20(28)24-11-13-3-2-4-15(22)9-13/h2-9,17-18,26-27H,10-11H2,1H3,(H,24,28). The number of benzene rings is 2. The Morgan fingerprint density at radius 3 is 2.83 bits per heavy atom. The monoisotopic (exact) mass is 474 g/mol. The number of hydrogen-bond acceptors (Lipinski definition) is 5. The molecule has 0 bridgehead atoms. The van der Waals surface area contributed by atoms with Crippen molar-refractivity contribution in [1.29, 1.82) is 0 Å². The van der Waals surface area contributed by atoms with Crippen LogP contribution in [0.25, 0.3) is 10.6 Å². The Hall–Kier alpha value is -2.13. The predicted molar refractivity (Wildman–Crippen MR) is 116 cm³/mol. The van der Waals surface area contributed by atoms with Crippen LogP contribution in [0.3, 0.4) is 0 Å². The molecule has 2 aromatic carbocycles. The average molecular weight is 475 g/mol. The topological polar surface area (TPSA) is 66.0 Å². The fraction of sp³-hybridized carbons (Fsp3) is 0.238. The third-order valence-electron chi connectivity index (χ3n) is 4.82. The Morgan fingerprint density at radius 1 is 1.28 bits per heavy atom. The molecule has 2 heterocycles. The lowest BCUT2D eigenvalue weighted by Gasteiger charge is -2.10. The third kappa shape index (κ3) is 4.72. The molecule has 29 heavy (non-hydrogen) atoms. The van der Waals surface area contributed by atoms with Crippen LogP contribution in [-0.4, -0.2) is 16.9 Å². The van der Waals surface area contributed by atoms with E-state index in [4.69, 9.17) is 0 Å². The van der Waals surface area contributed by atoms with Crippen LogP contribution in [0.15, 0.2) is 53.0 Å². The van der Waals surface area contributed by atoms with Gasteiger partial charge in [-0.05, 0) is 55.3 Å². The van der Waals surface area contributed by atoms with Gasteiger partial charge in [-0.1, -0.05) is 28.1 Å². The summed E-state index contributed by atoms with van der Waals surface area (Å²) in [5.41, 5.74) is 9.16. The number of halogens is 2. The first-order valence-corrected chi connectivity index (χ1v) is 10.9. The molecule has 1 aromatic heterocycles. The largest absolute Gasteiger partial charge is 0.351 e. The maximum absolute atomic E-state index is 13.2. The van der Waals surface area contributed by atoms with Crippen molar-refractivity contribution in [3.63, 3.8) is 0 Å². The van der Waals surface area contributed by atoms with Gasteiger partial charge in [0.15, 0.2) is 0 Å². The molecule has 0 saturated carbocycles. The van der Waals surface area contributed by atoms with E-state index in [0.29, 0.717) is 13.0 Å². The van der Waals surface area contributed by atoms with Crippen molar-refractivity contribution < 1.29 is 9.18 Å². The molecule has 150 valence electrons. The van der Waals surface area contributed by atoms with Crippen LogP contribution in [0.1, 0.15) is 28.6 Å². The number of nitrogens with zero attached hydrogens (tertiary/aromatic N) is 1. The molecule has 2 unspecified atom stereocenters. The first-order valence-electron chi connectivity index (χ1n) is 9.26. The second-order valence-electron chi connectivity index (χ2n) is 6.95. The van der Waals surface area contributed by atoms with Gasteiger partial charge in [0.05, 0.1) is 11.7 Å². The predicted octanol–water partition coefficient (Wildman–Crippen LogP) is 4.24. The second-order valence-corrected chi connectivity index (χ2v) is 8.90. The number of thiazole rings is 1. The van der Waals surface area contributed by atoms with E-state index >= 15 is 0 Å². The summed E-state index contributed by atoms with van der Waals surface area (Å²) in [5, 5.41) is 3.83. The van der Waals surface area contributed by atoms with Crippen LogP contribution in [0.4, 0.5) is 4.39 Å². The Morgan fingerprint density at radius 2 is 2.07 bits per heavy atom. The molecule has 2 atom stereocenters. The van der Waals surface area contributed by atoms with Crippen molar-refractivity contribution in [2.24, 2.45) is 0 Å². The summed E-state index contributed by atoms with van der Waals surface area (Å²) in [6.45, 7) is 2.44. The van der Waals surface area contributed by atoms with Gasteiger partial charge in [0.1, 0.15) is 16.9 Å². The summed E-state index contributed by atoms with van der Waals surface area (Å²) < 4.78 is 14.2. The fourth-order valence-electron chi connectivity index (χ4n) is 3.31. The second kappa shape index (κ2) is 8.71. The normalized spacial score (nSPS) is 18.7. The number of nitrogens with one attached hydrogen (secondary N) is 3. The molecule has 1 aliphatic heterocycles. The van der Waals surface area contributed by atoms with Crippen molar-refractivity contribution in [3.8, 4) is 10.6 Å². The van der Waals surface area contributed by atoms with Gasteiger partial charge in [-0.15, -0.1) is 11.3 Å². The minimum absolute atomic E-state index is 0.00307. The highest BCUT2D eigenvalue weighted by Gasteiger charge is 2.32. The van der Waals surface area contributed by atoms with Gasteiger partial charge in [-0.3, -0.25) is 4.79 Å². The van der Waals surface area contributed by atoms with Gasteiger partial charge in [-0.25, -0.2) is 20.2 Å². The van der Waals surface area contributed by atoms with E-state index in [-0.39, 0.29) is 23.8 Å². The first kappa shape index (κ1) is 20.2. The molecule has 3 N–H and O–H groups in total. The van der Waals surface area contributed by atoms with Gasteiger partial charge < -0.3 is 5.32 Å². The molecule has 0 radical (unpaired) electrons. The Balaban J connectivity index is 1.39. The number of amides is 1. The van der Waals surface area contributed by atoms with Crippen molar-refractivity contribution in [3.05, 3.63) is 75.0 Å². The zero-order valence-corrected chi connectivity index (χ0v) is 18.1. The number of hydrogen-bond donors (Lipinski definition) is 3. The van der Waals surface area contributed by atoms with Crippen LogP contribution in [-0.2, 0) is 11.3 Å². The maximum Gasteiger partial charge on any atom is 0.238 e. The number of rotatable bonds is 5. The molecule has 4 rings (SSSR count). The summed E-state index contributed by atoms with van der Waals surface area (Å²) in [6.07, 6.45) is 0.635. The zero-order valence-electron chi connectivity index (χ0n) is 15.7. The molecule has 1 fully saturated rings. The highest BCUT2D eigenvalue weighted by atomic mass is 79.9. The van der Waals surface area contributed by atoms with Crippen molar-refractivity contribution >= 4 is 33.2 Å². The molecule has 8 heteroatoms. The molecule has 5 nitrogen and oxygen atoms in total. The molecule has 0 aliphatic carbocycles. The molecule has 1 amide bonds. The molecule has 3 aromatic rings. The van der Waals surface area contributed by atoms with Gasteiger partial charge in [0.2, 0.25) is 5.91 Å². The minimum Gasteiger partial charge on any atom is -0.351 e. The van der Waals surface area contributed by atoms with Crippen LogP contribution in [0.5, 0.6) is 0 Å². The van der Waals surface area contributed by atoms with E-state index < -0.39 is 0 Å². The number of aromatic nitrogens is 1. The summed E-state index contributed by atoms with van der Waals surface area (Å²) in [5.74, 6) is -0.304. The quantitative estimate of drug-likeness (QED) is 0.517. The molecule has 1 aliphatic rings. The van der Waals surface area contributed by atoms with Crippen molar-refractivity contribution in [2.45, 2.75) is 32.0 Å². The highest BCUT2D eigenvalue weighted by Crippen LogP contribution is 2.34. The Bertz CT molecular complexity index is 1020. The number of carbonyl (C=O) groups is 1. The summed E-state index contributed by atoms with van der Waals surface area (Å²) in [7, 11) is 0.